The van der Waals surface area contributed by atoms with Crippen LogP contribution in [0.3, 0.4) is 0 Å². The molecule has 4 heteroatoms. The van der Waals surface area contributed by atoms with E-state index in [1.807, 2.05) is 24.3 Å². The average Bonchev–Trinajstić information content (AvgIpc) is 3.03. The van der Waals surface area contributed by atoms with Crippen LogP contribution in [0.1, 0.15) is 18.4 Å². The molecule has 2 N–H and O–H groups in total. The maximum Gasteiger partial charge on any atom is 0.108 e. The molecule has 0 spiro atoms. The van der Waals surface area contributed by atoms with E-state index in [9.17, 15) is 0 Å². The molecule has 0 aromatic heterocycles. The summed E-state index contributed by atoms with van der Waals surface area (Å²) in [6.45, 7) is 0. The summed E-state index contributed by atoms with van der Waals surface area (Å²) < 4.78 is 1.00. The van der Waals surface area contributed by atoms with Crippen molar-refractivity contribution in [1.82, 2.24) is 5.43 Å². The predicted octanol–water partition coefficient (Wildman–Crippen LogP) is 2.55. The molecular weight excluding hydrogens is 254 g/mol. The largest absolute Gasteiger partial charge is 0.306 e. The highest BCUT2D eigenvalue weighted by atomic mass is 79.9. The number of benzene rings is 1. The van der Waals surface area contributed by atoms with Gasteiger partial charge in [-0.15, -0.1) is 0 Å². The van der Waals surface area contributed by atoms with Gasteiger partial charge in [-0.2, -0.15) is 5.10 Å². The average molecular weight is 266 g/mol. The third-order valence-corrected chi connectivity index (χ3v) is 2.70. The number of nitrogens with one attached hydrogen (secondary N) is 2. The second kappa shape index (κ2) is 4.57. The van der Waals surface area contributed by atoms with Gasteiger partial charge in [-0.25, -0.2) is 0 Å². The molecule has 0 radical (unpaired) electrons. The van der Waals surface area contributed by atoms with Crippen molar-refractivity contribution in [2.45, 2.75) is 18.9 Å². The first-order valence-corrected chi connectivity index (χ1v) is 5.68. The van der Waals surface area contributed by atoms with E-state index in [4.69, 9.17) is 5.41 Å². The molecule has 1 aliphatic carbocycles. The number of nitrogens with zero attached hydrogens (tertiary/aromatic N) is 1. The minimum Gasteiger partial charge on any atom is -0.306 e. The maximum atomic E-state index is 7.32. The molecule has 0 unspecified atom stereocenters. The first-order valence-electron chi connectivity index (χ1n) is 4.89. The molecule has 1 fully saturated rings. The third-order valence-electron chi connectivity index (χ3n) is 2.20. The molecule has 1 aliphatic rings. The molecule has 1 aromatic rings. The molecule has 0 amide bonds. The Balaban J connectivity index is 2.17. The number of hydrogen-bond acceptors (Lipinski definition) is 3. The number of hydrazone groups is 1. The monoisotopic (exact) mass is 265 g/mol. The van der Waals surface area contributed by atoms with Crippen molar-refractivity contribution in [1.29, 1.82) is 5.41 Å². The van der Waals surface area contributed by atoms with Crippen molar-refractivity contribution >= 4 is 27.9 Å². The lowest BCUT2D eigenvalue weighted by Gasteiger charge is -2.02. The normalized spacial score (nSPS) is 16.2. The fraction of sp³-hybridized carbons (Fsp3) is 0.273. The van der Waals surface area contributed by atoms with Crippen molar-refractivity contribution in [2.24, 2.45) is 5.10 Å². The van der Waals surface area contributed by atoms with Gasteiger partial charge < -0.3 is 10.8 Å². The van der Waals surface area contributed by atoms with Gasteiger partial charge in [0.15, 0.2) is 0 Å². The smallest absolute Gasteiger partial charge is 0.108 e. The molecule has 0 atom stereocenters. The van der Waals surface area contributed by atoms with E-state index in [0.717, 1.165) is 10.0 Å². The van der Waals surface area contributed by atoms with Crippen LogP contribution >= 0.6 is 15.9 Å². The van der Waals surface area contributed by atoms with Gasteiger partial charge in [-0.1, -0.05) is 28.1 Å². The van der Waals surface area contributed by atoms with E-state index < -0.39 is 0 Å². The quantitative estimate of drug-likeness (QED) is 0.638. The highest BCUT2D eigenvalue weighted by Crippen LogP contribution is 2.18. The minimum absolute atomic E-state index is 0.520. The lowest BCUT2D eigenvalue weighted by atomic mass is 10.1. The van der Waals surface area contributed by atoms with Gasteiger partial charge in [-0.05, 0) is 25.0 Å². The summed E-state index contributed by atoms with van der Waals surface area (Å²) in [7, 11) is 0. The van der Waals surface area contributed by atoms with E-state index >= 15 is 0 Å². The highest BCUT2D eigenvalue weighted by Gasteiger charge is 2.20. The zero-order valence-electron chi connectivity index (χ0n) is 8.20. The van der Waals surface area contributed by atoms with Gasteiger partial charge in [0, 0.05) is 22.3 Å². The van der Waals surface area contributed by atoms with Crippen LogP contribution in [0.4, 0.5) is 0 Å². The van der Waals surface area contributed by atoms with Crippen LogP contribution in [-0.4, -0.2) is 18.0 Å². The Morgan fingerprint density at radius 1 is 1.53 bits per heavy atom. The second-order valence-electron chi connectivity index (χ2n) is 3.56. The second-order valence-corrected chi connectivity index (χ2v) is 4.47. The zero-order valence-corrected chi connectivity index (χ0v) is 9.79. The molecule has 78 valence electrons. The predicted molar refractivity (Wildman–Crippen MR) is 65.6 cm³/mol. The van der Waals surface area contributed by atoms with E-state index in [-0.39, 0.29) is 0 Å². The first kappa shape index (κ1) is 10.4. The molecular formula is C11H12BrN3. The Morgan fingerprint density at radius 2 is 2.33 bits per heavy atom. The summed E-state index contributed by atoms with van der Waals surface area (Å²) in [4.78, 5) is 0. The summed E-state index contributed by atoms with van der Waals surface area (Å²) in [6.07, 6.45) is 3.65. The highest BCUT2D eigenvalue weighted by molar-refractivity contribution is 9.10. The lowest BCUT2D eigenvalue weighted by molar-refractivity contribution is 0.740. The van der Waals surface area contributed by atoms with Crippen molar-refractivity contribution < 1.29 is 0 Å². The van der Waals surface area contributed by atoms with Gasteiger partial charge in [-0.3, -0.25) is 0 Å². The van der Waals surface area contributed by atoms with Crippen molar-refractivity contribution in [2.75, 3.05) is 0 Å². The standard InChI is InChI=1S/C11H12BrN3/c12-9-3-1-2-8(6-9)11(7-13)15-14-10-4-5-10/h1-3,6-7,10,13-14H,4-5H2/b13-7?,15-11+. The van der Waals surface area contributed by atoms with Crippen LogP contribution in [0.5, 0.6) is 0 Å². The van der Waals surface area contributed by atoms with Crippen molar-refractivity contribution in [3.63, 3.8) is 0 Å². The molecule has 2 rings (SSSR count). The Labute approximate surface area is 97.2 Å². The molecule has 0 saturated heterocycles. The molecule has 0 aliphatic heterocycles. The van der Waals surface area contributed by atoms with Gasteiger partial charge in [0.05, 0.1) is 0 Å². The molecule has 15 heavy (non-hydrogen) atoms. The van der Waals surface area contributed by atoms with Crippen LogP contribution in [0.15, 0.2) is 33.8 Å². The first-order chi connectivity index (χ1) is 7.29. The number of rotatable bonds is 4. The molecule has 1 saturated carbocycles. The fourth-order valence-corrected chi connectivity index (χ4v) is 1.60. The van der Waals surface area contributed by atoms with Crippen molar-refractivity contribution in [3.05, 3.63) is 34.3 Å². The molecule has 0 heterocycles. The molecule has 3 nitrogen and oxygen atoms in total. The van der Waals surface area contributed by atoms with Gasteiger partial charge in [0.1, 0.15) is 5.71 Å². The summed E-state index contributed by atoms with van der Waals surface area (Å²) in [6, 6.07) is 8.32. The lowest BCUT2D eigenvalue weighted by Crippen LogP contribution is -2.14. The number of halogens is 1. The molecule has 0 bridgehead atoms. The van der Waals surface area contributed by atoms with E-state index in [1.165, 1.54) is 19.1 Å². The van der Waals surface area contributed by atoms with Gasteiger partial charge in [0.2, 0.25) is 0 Å². The van der Waals surface area contributed by atoms with E-state index in [0.29, 0.717) is 11.8 Å². The SMILES string of the molecule is N=C/C(=N\NC1CC1)c1cccc(Br)c1. The Morgan fingerprint density at radius 3 is 2.93 bits per heavy atom. The summed E-state index contributed by atoms with van der Waals surface area (Å²) >= 11 is 3.40. The van der Waals surface area contributed by atoms with E-state index in [2.05, 4.69) is 26.5 Å². The third kappa shape index (κ3) is 2.89. The Hall–Kier alpha value is -1.16. The topological polar surface area (TPSA) is 48.2 Å². The van der Waals surface area contributed by atoms with Crippen LogP contribution < -0.4 is 5.43 Å². The minimum atomic E-state index is 0.520. The Bertz CT molecular complexity index is 397. The van der Waals surface area contributed by atoms with Crippen molar-refractivity contribution in [3.8, 4) is 0 Å². The van der Waals surface area contributed by atoms with Crippen LogP contribution in [0, 0.1) is 5.41 Å². The molecule has 1 aromatic carbocycles. The van der Waals surface area contributed by atoms with Crippen LogP contribution in [0.2, 0.25) is 0 Å². The fourth-order valence-electron chi connectivity index (χ4n) is 1.20. The number of hydrogen-bond donors (Lipinski definition) is 2. The van der Waals surface area contributed by atoms with Crippen LogP contribution in [0.25, 0.3) is 0 Å². The van der Waals surface area contributed by atoms with E-state index in [1.54, 1.807) is 0 Å². The maximum absolute atomic E-state index is 7.32. The summed E-state index contributed by atoms with van der Waals surface area (Å²) in [5, 5.41) is 11.5. The zero-order chi connectivity index (χ0) is 10.7. The van der Waals surface area contributed by atoms with Crippen LogP contribution in [-0.2, 0) is 0 Å². The summed E-state index contributed by atoms with van der Waals surface area (Å²) in [5.41, 5.74) is 4.67. The summed E-state index contributed by atoms with van der Waals surface area (Å²) in [5.74, 6) is 0. The van der Waals surface area contributed by atoms with Gasteiger partial charge in [0.25, 0.3) is 0 Å². The Kier molecular flexibility index (Phi) is 3.16. The van der Waals surface area contributed by atoms with Gasteiger partial charge >= 0.3 is 0 Å².